The number of hydrogen-bond acceptors (Lipinski definition) is 4. The first-order chi connectivity index (χ1) is 12.7. The molecule has 0 bridgehead atoms. The molecule has 0 radical (unpaired) electrons. The van der Waals surface area contributed by atoms with Gasteiger partial charge in [-0.25, -0.2) is 8.91 Å². The number of aliphatic hydroxyl groups excluding tert-OH is 1. The fourth-order valence-corrected chi connectivity index (χ4v) is 2.88. The molecule has 142 valence electrons. The normalized spacial score (nSPS) is 11.7. The summed E-state index contributed by atoms with van der Waals surface area (Å²) >= 11 is 0. The number of halogens is 1. The monoisotopic (exact) mass is 372 g/mol. The van der Waals surface area contributed by atoms with E-state index in [-0.39, 0.29) is 23.8 Å². The summed E-state index contributed by atoms with van der Waals surface area (Å²) in [6.07, 6.45) is 3.02. The third-order valence-electron chi connectivity index (χ3n) is 3.96. The summed E-state index contributed by atoms with van der Waals surface area (Å²) in [5.74, 6) is -0.682. The average molecular weight is 372 g/mol. The van der Waals surface area contributed by atoms with E-state index in [0.29, 0.717) is 16.8 Å². The Morgan fingerprint density at radius 1 is 1.22 bits per heavy atom. The van der Waals surface area contributed by atoms with Crippen molar-refractivity contribution in [2.45, 2.75) is 39.5 Å². The van der Waals surface area contributed by atoms with Gasteiger partial charge in [0.25, 0.3) is 5.56 Å². The number of carbonyl (C=O) groups is 1. The molecular formula is C19H21FN4O3. The smallest absolute Gasteiger partial charge is 0.277 e. The van der Waals surface area contributed by atoms with Crippen LogP contribution in [0.4, 0.5) is 4.39 Å². The largest absolute Gasteiger partial charge is 0.392 e. The second kappa shape index (κ2) is 6.96. The summed E-state index contributed by atoms with van der Waals surface area (Å²) < 4.78 is 15.8. The molecule has 0 aliphatic carbocycles. The van der Waals surface area contributed by atoms with Crippen molar-refractivity contribution in [2.24, 2.45) is 0 Å². The van der Waals surface area contributed by atoms with Gasteiger partial charge in [0.1, 0.15) is 17.9 Å². The maximum atomic E-state index is 13.2. The van der Waals surface area contributed by atoms with Crippen molar-refractivity contribution in [2.75, 3.05) is 0 Å². The van der Waals surface area contributed by atoms with Crippen molar-refractivity contribution in [1.82, 2.24) is 19.5 Å². The highest BCUT2D eigenvalue weighted by molar-refractivity contribution is 5.77. The van der Waals surface area contributed by atoms with Crippen LogP contribution in [-0.2, 0) is 17.9 Å². The van der Waals surface area contributed by atoms with Crippen molar-refractivity contribution in [1.29, 1.82) is 0 Å². The van der Waals surface area contributed by atoms with E-state index >= 15 is 0 Å². The Morgan fingerprint density at radius 2 is 1.89 bits per heavy atom. The molecule has 27 heavy (non-hydrogen) atoms. The van der Waals surface area contributed by atoms with E-state index in [1.54, 1.807) is 6.20 Å². The zero-order valence-electron chi connectivity index (χ0n) is 15.4. The highest BCUT2D eigenvalue weighted by Crippen LogP contribution is 2.25. The van der Waals surface area contributed by atoms with Crippen molar-refractivity contribution in [3.05, 3.63) is 58.4 Å². The number of hydrogen-bond donors (Lipinski definition) is 2. The van der Waals surface area contributed by atoms with Gasteiger partial charge in [-0.15, -0.1) is 0 Å². The highest BCUT2D eigenvalue weighted by Gasteiger charge is 2.19. The van der Waals surface area contributed by atoms with Crippen LogP contribution in [0.5, 0.6) is 0 Å². The third kappa shape index (κ3) is 3.90. The van der Waals surface area contributed by atoms with Gasteiger partial charge in [-0.1, -0.05) is 0 Å². The van der Waals surface area contributed by atoms with Gasteiger partial charge in [-0.2, -0.15) is 5.10 Å². The van der Waals surface area contributed by atoms with Crippen LogP contribution in [0.15, 0.2) is 41.5 Å². The van der Waals surface area contributed by atoms with E-state index in [9.17, 15) is 19.1 Å². The minimum atomic E-state index is -0.438. The lowest BCUT2D eigenvalue weighted by atomic mass is 10.1. The SMILES string of the molecule is CC(C)(C)NC(=O)Cn1ccn2nc(-c3ccc(F)cc3)c(CO)c2c1=O. The lowest BCUT2D eigenvalue weighted by molar-refractivity contribution is -0.123. The molecule has 0 saturated carbocycles. The highest BCUT2D eigenvalue weighted by atomic mass is 19.1. The first-order valence-corrected chi connectivity index (χ1v) is 8.48. The molecule has 0 fully saturated rings. The predicted molar refractivity (Wildman–Crippen MR) is 98.7 cm³/mol. The number of aromatic nitrogens is 3. The lowest BCUT2D eigenvalue weighted by Crippen LogP contribution is -2.43. The number of benzene rings is 1. The molecule has 0 aliphatic heterocycles. The summed E-state index contributed by atoms with van der Waals surface area (Å²) in [7, 11) is 0. The standard InChI is InChI=1S/C19H21FN4O3/c1-19(2,3)21-15(26)10-23-8-9-24-17(18(23)27)14(11-25)16(22-24)12-4-6-13(20)7-5-12/h4-9,25H,10-11H2,1-3H3,(H,21,26). The molecule has 0 unspecified atom stereocenters. The quantitative estimate of drug-likeness (QED) is 0.730. The maximum absolute atomic E-state index is 13.2. The minimum absolute atomic E-state index is 0.144. The molecule has 2 heterocycles. The summed E-state index contributed by atoms with van der Waals surface area (Å²) in [6.45, 7) is 5.00. The van der Waals surface area contributed by atoms with Crippen molar-refractivity contribution in [3.8, 4) is 11.3 Å². The Balaban J connectivity index is 2.06. The zero-order valence-corrected chi connectivity index (χ0v) is 15.4. The third-order valence-corrected chi connectivity index (χ3v) is 3.96. The number of amides is 1. The fraction of sp³-hybridized carbons (Fsp3) is 0.316. The van der Waals surface area contributed by atoms with Gasteiger partial charge >= 0.3 is 0 Å². The minimum Gasteiger partial charge on any atom is -0.392 e. The fourth-order valence-electron chi connectivity index (χ4n) is 2.88. The number of fused-ring (bicyclic) bond motifs is 1. The van der Waals surface area contributed by atoms with Crippen LogP contribution < -0.4 is 10.9 Å². The van der Waals surface area contributed by atoms with E-state index < -0.39 is 17.7 Å². The maximum Gasteiger partial charge on any atom is 0.277 e. The van der Waals surface area contributed by atoms with E-state index in [4.69, 9.17) is 0 Å². The molecule has 0 atom stereocenters. The van der Waals surface area contributed by atoms with Gasteiger partial charge in [0.05, 0.1) is 12.3 Å². The van der Waals surface area contributed by atoms with Crippen molar-refractivity contribution < 1.29 is 14.3 Å². The molecule has 8 heteroatoms. The van der Waals surface area contributed by atoms with Crippen LogP contribution >= 0.6 is 0 Å². The second-order valence-electron chi connectivity index (χ2n) is 7.31. The molecule has 2 N–H and O–H groups in total. The van der Waals surface area contributed by atoms with E-state index in [1.165, 1.54) is 39.5 Å². The molecule has 2 aromatic heterocycles. The van der Waals surface area contributed by atoms with Gasteiger partial charge in [-0.05, 0) is 45.0 Å². The van der Waals surface area contributed by atoms with E-state index in [2.05, 4.69) is 10.4 Å². The number of carbonyl (C=O) groups excluding carboxylic acids is 1. The Labute approximate surface area is 155 Å². The number of aliphatic hydroxyl groups is 1. The van der Waals surface area contributed by atoms with Gasteiger partial charge in [0, 0.05) is 29.1 Å². The predicted octanol–water partition coefficient (Wildman–Crippen LogP) is 1.71. The Morgan fingerprint density at radius 3 is 2.48 bits per heavy atom. The number of nitrogens with zero attached hydrogens (tertiary/aromatic N) is 3. The van der Waals surface area contributed by atoms with Crippen LogP contribution in [0, 0.1) is 5.82 Å². The molecule has 7 nitrogen and oxygen atoms in total. The van der Waals surface area contributed by atoms with Crippen LogP contribution in [0.3, 0.4) is 0 Å². The molecule has 1 amide bonds. The van der Waals surface area contributed by atoms with Gasteiger partial charge in [0.2, 0.25) is 5.91 Å². The summed E-state index contributed by atoms with van der Waals surface area (Å²) in [5.41, 5.74) is 0.645. The first-order valence-electron chi connectivity index (χ1n) is 8.48. The Hall–Kier alpha value is -3.00. The number of nitrogens with one attached hydrogen (secondary N) is 1. The second-order valence-corrected chi connectivity index (χ2v) is 7.31. The average Bonchev–Trinajstić information content (AvgIpc) is 2.96. The van der Waals surface area contributed by atoms with Crippen LogP contribution in [0.25, 0.3) is 16.8 Å². The van der Waals surface area contributed by atoms with E-state index in [0.717, 1.165) is 0 Å². The number of rotatable bonds is 4. The molecular weight excluding hydrogens is 351 g/mol. The van der Waals surface area contributed by atoms with Crippen molar-refractivity contribution in [3.63, 3.8) is 0 Å². The van der Waals surface area contributed by atoms with Crippen LogP contribution in [-0.4, -0.2) is 30.7 Å². The molecule has 0 aliphatic rings. The molecule has 3 aromatic rings. The Bertz CT molecular complexity index is 1050. The molecule has 1 aromatic carbocycles. The van der Waals surface area contributed by atoms with Gasteiger partial charge in [0.15, 0.2) is 0 Å². The topological polar surface area (TPSA) is 88.6 Å². The lowest BCUT2D eigenvalue weighted by Gasteiger charge is -2.20. The first kappa shape index (κ1) is 18.8. The van der Waals surface area contributed by atoms with Crippen LogP contribution in [0.2, 0.25) is 0 Å². The molecule has 0 spiro atoms. The summed E-state index contributed by atoms with van der Waals surface area (Å²) in [4.78, 5) is 25.0. The molecule has 3 rings (SSSR count). The zero-order chi connectivity index (χ0) is 19.8. The van der Waals surface area contributed by atoms with E-state index in [1.807, 2.05) is 20.8 Å². The van der Waals surface area contributed by atoms with Crippen LogP contribution in [0.1, 0.15) is 26.3 Å². The molecule has 0 saturated heterocycles. The van der Waals surface area contributed by atoms with Gasteiger partial charge in [-0.3, -0.25) is 9.59 Å². The summed E-state index contributed by atoms with van der Waals surface area (Å²) in [5, 5.41) is 17.0. The van der Waals surface area contributed by atoms with Gasteiger partial charge < -0.3 is 15.0 Å². The van der Waals surface area contributed by atoms with Crippen molar-refractivity contribution >= 4 is 11.4 Å². The Kier molecular flexibility index (Phi) is 4.84. The summed E-state index contributed by atoms with van der Waals surface area (Å²) in [6, 6.07) is 5.64.